The first-order chi connectivity index (χ1) is 35.3. The summed E-state index contributed by atoms with van der Waals surface area (Å²) < 4.78 is 92.2. The van der Waals surface area contributed by atoms with Crippen LogP contribution >= 0.6 is 0 Å². The SMILES string of the molecule is C=C(CCC1=C(C)[C@H]2C(C[C@H]3[C@@H]4CC=C5C[C@@H](O)C[C@@H](O[C@@H]6OC[C@H](OS(=O)(=O)O)[C@H](O)[C@H]6O[C@@H]6O[C@@H](C)[C@H](O)[C@@H](O[C@@H]7OC[C@@H](O)[C@H](O)[C@H]7O)[C@H]6O)[C@]5(C)[C@H]4[C@H](O)C[C@]23C)O1)CO[C@@H]1O[C@H](CO)[C@@H](O)[C@H](O)[C@H]1O. The Morgan fingerprint density at radius 1 is 0.787 bits per heavy atom. The van der Waals surface area contributed by atoms with Gasteiger partial charge in [-0.15, -0.1) is 0 Å². The van der Waals surface area contributed by atoms with E-state index < -0.39 is 176 Å². The van der Waals surface area contributed by atoms with E-state index in [1.165, 1.54) is 6.92 Å². The van der Waals surface area contributed by atoms with Gasteiger partial charge < -0.3 is 104 Å². The quantitative estimate of drug-likeness (QED) is 0.0571. The molecule has 0 spiro atoms. The Balaban J connectivity index is 0.910. The van der Waals surface area contributed by atoms with Gasteiger partial charge in [-0.2, -0.15) is 8.42 Å². The second-order valence-electron chi connectivity index (χ2n) is 22.7. The second kappa shape index (κ2) is 22.2. The minimum Gasteiger partial charge on any atom is -0.494 e. The van der Waals surface area contributed by atoms with Crippen LogP contribution in [0.3, 0.4) is 0 Å². The summed E-state index contributed by atoms with van der Waals surface area (Å²) in [5.41, 5.74) is 1.20. The van der Waals surface area contributed by atoms with Crippen molar-refractivity contribution in [2.45, 2.75) is 208 Å². The van der Waals surface area contributed by atoms with Gasteiger partial charge in [-0.1, -0.05) is 37.6 Å². The molecular formula is C49H76O25S. The first-order valence-electron chi connectivity index (χ1n) is 25.9. The van der Waals surface area contributed by atoms with Crippen LogP contribution in [0.1, 0.15) is 72.6 Å². The number of allylic oxidation sites excluding steroid dienone is 2. The number of aliphatic hydroxyl groups excluding tert-OH is 12. The Hall–Kier alpha value is -1.91. The third-order valence-corrected chi connectivity index (χ3v) is 18.6. The zero-order chi connectivity index (χ0) is 54.4. The average Bonchev–Trinajstić information content (AvgIpc) is 3.91. The minimum atomic E-state index is -5.18. The van der Waals surface area contributed by atoms with Crippen molar-refractivity contribution in [2.75, 3.05) is 26.4 Å². The van der Waals surface area contributed by atoms with Crippen molar-refractivity contribution in [3.63, 3.8) is 0 Å². The van der Waals surface area contributed by atoms with E-state index in [1.807, 2.05) is 6.92 Å². The summed E-state index contributed by atoms with van der Waals surface area (Å²) in [6.45, 7) is 10.0. The maximum Gasteiger partial charge on any atom is 0.397 e. The van der Waals surface area contributed by atoms with Gasteiger partial charge in [-0.25, -0.2) is 4.18 Å². The van der Waals surface area contributed by atoms with Gasteiger partial charge in [-0.05, 0) is 74.7 Å². The summed E-state index contributed by atoms with van der Waals surface area (Å²) in [7, 11) is -5.18. The van der Waals surface area contributed by atoms with Gasteiger partial charge in [0.2, 0.25) is 0 Å². The van der Waals surface area contributed by atoms with E-state index in [4.69, 9.17) is 46.8 Å². The Morgan fingerprint density at radius 2 is 1.48 bits per heavy atom. The van der Waals surface area contributed by atoms with E-state index in [0.717, 1.165) is 16.9 Å². The highest BCUT2D eigenvalue weighted by Gasteiger charge is 2.68. The summed E-state index contributed by atoms with van der Waals surface area (Å²) in [5.74, 6) is 0.337. The molecule has 0 aromatic heterocycles. The van der Waals surface area contributed by atoms with Gasteiger partial charge in [0.05, 0.1) is 56.6 Å². The van der Waals surface area contributed by atoms with E-state index in [1.54, 1.807) is 0 Å². The molecule has 0 amide bonds. The van der Waals surface area contributed by atoms with Crippen LogP contribution in [0.2, 0.25) is 0 Å². The van der Waals surface area contributed by atoms with Gasteiger partial charge in [-0.3, -0.25) is 4.55 Å². The Labute approximate surface area is 434 Å². The summed E-state index contributed by atoms with van der Waals surface area (Å²) in [4.78, 5) is 0. The van der Waals surface area contributed by atoms with E-state index in [-0.39, 0.29) is 43.3 Å². The third-order valence-electron chi connectivity index (χ3n) is 18.1. The molecule has 75 heavy (non-hydrogen) atoms. The predicted molar refractivity (Wildman–Crippen MR) is 250 cm³/mol. The second-order valence-corrected chi connectivity index (χ2v) is 23.7. The topological polar surface area (TPSA) is 389 Å². The monoisotopic (exact) mass is 1100 g/mol. The molecule has 428 valence electrons. The lowest BCUT2D eigenvalue weighted by atomic mass is 9.45. The van der Waals surface area contributed by atoms with Crippen LogP contribution in [0.25, 0.3) is 0 Å². The smallest absolute Gasteiger partial charge is 0.397 e. The molecular weight excluding hydrogens is 1020 g/mol. The average molecular weight is 1100 g/mol. The van der Waals surface area contributed by atoms with Gasteiger partial charge in [0.25, 0.3) is 0 Å². The van der Waals surface area contributed by atoms with E-state index in [9.17, 15) is 74.2 Å². The molecule has 0 bridgehead atoms. The zero-order valence-corrected chi connectivity index (χ0v) is 43.0. The fourth-order valence-electron chi connectivity index (χ4n) is 14.2. The molecule has 28 atom stereocenters. The van der Waals surface area contributed by atoms with Crippen LogP contribution in [0.15, 0.2) is 35.1 Å². The number of hydrogen-bond donors (Lipinski definition) is 13. The van der Waals surface area contributed by atoms with Gasteiger partial charge in [0.15, 0.2) is 25.2 Å². The molecule has 5 aliphatic heterocycles. The van der Waals surface area contributed by atoms with Crippen LogP contribution in [0.4, 0.5) is 0 Å². The van der Waals surface area contributed by atoms with Crippen LogP contribution in [-0.4, -0.2) is 236 Å². The minimum absolute atomic E-state index is 0.0241. The largest absolute Gasteiger partial charge is 0.494 e. The van der Waals surface area contributed by atoms with Crippen molar-refractivity contribution >= 4 is 10.4 Å². The van der Waals surface area contributed by atoms with E-state index >= 15 is 0 Å². The predicted octanol–water partition coefficient (Wildman–Crippen LogP) is -3.09. The van der Waals surface area contributed by atoms with E-state index in [2.05, 4.69) is 26.5 Å². The molecule has 7 fully saturated rings. The van der Waals surface area contributed by atoms with Gasteiger partial charge in [0.1, 0.15) is 85.5 Å². The molecule has 3 saturated carbocycles. The van der Waals surface area contributed by atoms with Crippen molar-refractivity contribution < 1.29 is 121 Å². The van der Waals surface area contributed by atoms with Gasteiger partial charge in [0, 0.05) is 24.2 Å². The molecule has 5 heterocycles. The Bertz CT molecular complexity index is 2220. The maximum absolute atomic E-state index is 12.6. The highest BCUT2D eigenvalue weighted by Crippen LogP contribution is 2.69. The summed E-state index contributed by atoms with van der Waals surface area (Å²) >= 11 is 0. The lowest BCUT2D eigenvalue weighted by Gasteiger charge is -2.61. The molecule has 1 unspecified atom stereocenters. The highest BCUT2D eigenvalue weighted by molar-refractivity contribution is 7.80. The number of hydrogen-bond acceptors (Lipinski definition) is 24. The Kier molecular flexibility index (Phi) is 17.1. The highest BCUT2D eigenvalue weighted by atomic mass is 32.3. The molecule has 4 aliphatic carbocycles. The van der Waals surface area contributed by atoms with Crippen LogP contribution < -0.4 is 0 Å². The van der Waals surface area contributed by atoms with Crippen molar-refractivity contribution in [1.29, 1.82) is 0 Å². The Morgan fingerprint density at radius 3 is 2.19 bits per heavy atom. The standard InChI is InChI=1S/C49H76O25S/c1-18(15-65-44-40(60)38(58)36(56)29(14-50)70-44)6-9-27-19(2)32-28(69-27)12-24-23-8-7-21-10-22(51)11-31(49(21,5)33(23)25(52)13-48(24,32)4)71-47-43(37(57)30(17-67-47)74-75(62,63)64)73-46-41(61)42(34(54)20(3)68-46)72-45-39(59)35(55)26(53)16-66-45/h7,20,22-26,28-47,50-61H,1,6,8-17H2,2-5H3,(H,62,63,64)/t20-,22+,23-,24-,25+,26+,28?,29+,30-,31+,32-,33+,34-,35-,36+,37-,38-,39+,40+,41+,42+,43+,44+,45-,46-,47-,48-,49+/m0/s1. The zero-order valence-electron chi connectivity index (χ0n) is 42.2. The van der Waals surface area contributed by atoms with Crippen LogP contribution in [0.5, 0.6) is 0 Å². The van der Waals surface area contributed by atoms with Crippen molar-refractivity contribution in [2.24, 2.45) is 34.5 Å². The van der Waals surface area contributed by atoms with E-state index in [0.29, 0.717) is 37.7 Å². The summed E-state index contributed by atoms with van der Waals surface area (Å²) in [6.07, 6.45) is -26.8. The van der Waals surface area contributed by atoms with Crippen molar-refractivity contribution in [1.82, 2.24) is 0 Å². The lowest BCUT2D eigenvalue weighted by molar-refractivity contribution is -0.377. The first kappa shape index (κ1) is 57.8. The molecule has 9 rings (SSSR count). The molecule has 13 N–H and O–H groups in total. The number of aliphatic hydroxyl groups is 12. The summed E-state index contributed by atoms with van der Waals surface area (Å²) in [5, 5.41) is 129. The molecule has 4 saturated heterocycles. The summed E-state index contributed by atoms with van der Waals surface area (Å²) in [6, 6.07) is 0. The number of rotatable bonds is 15. The normalized spacial score (nSPS) is 51.0. The molecule has 0 radical (unpaired) electrons. The number of ether oxygens (including phenoxy) is 9. The maximum atomic E-state index is 12.6. The fourth-order valence-corrected chi connectivity index (χ4v) is 14.7. The van der Waals surface area contributed by atoms with Crippen molar-refractivity contribution in [3.05, 3.63) is 35.1 Å². The molecule has 0 aromatic rings. The first-order valence-corrected chi connectivity index (χ1v) is 27.2. The van der Waals surface area contributed by atoms with Crippen molar-refractivity contribution in [3.8, 4) is 0 Å². The molecule has 25 nitrogen and oxygen atoms in total. The molecule has 9 aliphatic rings. The number of fused-ring (bicyclic) bond motifs is 7. The molecule has 26 heteroatoms. The fraction of sp³-hybridized carbons (Fsp3) is 0.878. The van der Waals surface area contributed by atoms with Crippen LogP contribution in [-0.2, 0) is 57.2 Å². The molecule has 0 aromatic carbocycles. The van der Waals surface area contributed by atoms with Crippen LogP contribution in [0, 0.1) is 34.5 Å². The lowest BCUT2D eigenvalue weighted by Crippen LogP contribution is -2.65. The third kappa shape index (κ3) is 10.8. The van der Waals surface area contributed by atoms with Gasteiger partial charge >= 0.3 is 10.4 Å².